The Morgan fingerprint density at radius 1 is 1.04 bits per heavy atom. The summed E-state index contributed by atoms with van der Waals surface area (Å²) in [4.78, 5) is 21.0. The molecule has 0 aliphatic carbocycles. The number of sulfonamides is 1. The van der Waals surface area contributed by atoms with Crippen molar-refractivity contribution >= 4 is 72.2 Å². The lowest BCUT2D eigenvalue weighted by molar-refractivity contribution is 0.164. The molecule has 16 heteroatoms. The van der Waals surface area contributed by atoms with Gasteiger partial charge in [0.1, 0.15) is 10.7 Å². The number of anilines is 4. The van der Waals surface area contributed by atoms with Gasteiger partial charge in [-0.3, -0.25) is 4.72 Å². The molecule has 0 aliphatic heterocycles. The highest BCUT2D eigenvalue weighted by Gasteiger charge is 2.20. The quantitative estimate of drug-likeness (QED) is 0.138. The molecule has 4 aromatic rings. The monoisotopic (exact) mass is 692 g/mol. The normalized spacial score (nSPS) is 13.3. The van der Waals surface area contributed by atoms with Crippen molar-refractivity contribution in [3.05, 3.63) is 83.0 Å². The molecular formula is C29H30Cl2N6O6S2. The molecule has 45 heavy (non-hydrogen) atoms. The van der Waals surface area contributed by atoms with Crippen LogP contribution in [0.1, 0.15) is 13.8 Å². The second kappa shape index (κ2) is 14.4. The van der Waals surface area contributed by atoms with Crippen LogP contribution in [0.4, 0.5) is 27.9 Å². The van der Waals surface area contributed by atoms with E-state index in [1.165, 1.54) is 24.5 Å². The molecule has 4 N–H and O–H groups in total. The van der Waals surface area contributed by atoms with Crippen molar-refractivity contribution in [1.29, 1.82) is 0 Å². The first-order valence-electron chi connectivity index (χ1n) is 13.4. The minimum absolute atomic E-state index is 0.0791. The Labute approximate surface area is 271 Å². The topological polar surface area (TPSA) is 172 Å². The van der Waals surface area contributed by atoms with E-state index < -0.39 is 25.8 Å². The number of aliphatic hydroxyl groups excluding tert-OH is 1. The average molecular weight is 694 g/mol. The van der Waals surface area contributed by atoms with E-state index in [1.54, 1.807) is 68.6 Å². The first-order valence-corrected chi connectivity index (χ1v) is 17.6. The predicted molar refractivity (Wildman–Crippen MR) is 176 cm³/mol. The van der Waals surface area contributed by atoms with Crippen molar-refractivity contribution in [3.8, 4) is 11.1 Å². The molecular weight excluding hydrogens is 663 g/mol. The molecule has 0 saturated heterocycles. The molecule has 0 radical (unpaired) electrons. The van der Waals surface area contributed by atoms with Gasteiger partial charge in [-0.25, -0.2) is 22.4 Å². The standard InChI is InChI=1S/C29H30Cl2N6O6S2/c1-4-43-29(39)37-44(3,40)22-8-5-7-21(15-22)34-28-32-16-23(27(35-28)33-18(2)17-38)19-11-13-20(14-12-19)36-45(41,42)25-10-6-9-24(30)26(25)31/h5-16,18,36,38H,4,17H2,1-3H3,(H2,32,33,34,35). The molecule has 1 amide bonds. The second-order valence-corrected chi connectivity index (χ2v) is 14.4. The van der Waals surface area contributed by atoms with E-state index >= 15 is 0 Å². The Morgan fingerprint density at radius 3 is 2.44 bits per heavy atom. The fraction of sp³-hybridized carbons (Fsp3) is 0.207. The third-order valence-corrected chi connectivity index (χ3v) is 10.1. The van der Waals surface area contributed by atoms with Crippen LogP contribution in [0.2, 0.25) is 10.0 Å². The van der Waals surface area contributed by atoms with E-state index in [9.17, 15) is 22.5 Å². The summed E-state index contributed by atoms with van der Waals surface area (Å²) >= 11 is 12.1. The van der Waals surface area contributed by atoms with E-state index in [0.717, 1.165) is 0 Å². The fourth-order valence-corrected chi connectivity index (χ4v) is 6.89. The average Bonchev–Trinajstić information content (AvgIpc) is 2.99. The lowest BCUT2D eigenvalue weighted by Crippen LogP contribution is -2.21. The van der Waals surface area contributed by atoms with Gasteiger partial charge in [0.2, 0.25) is 5.95 Å². The smallest absolute Gasteiger partial charge is 0.442 e. The summed E-state index contributed by atoms with van der Waals surface area (Å²) in [5.74, 6) is 0.581. The van der Waals surface area contributed by atoms with E-state index in [-0.39, 0.29) is 45.8 Å². The molecule has 0 spiro atoms. The molecule has 0 fully saturated rings. The van der Waals surface area contributed by atoms with Crippen LogP contribution in [-0.4, -0.2) is 59.3 Å². The molecule has 1 heterocycles. The number of benzene rings is 3. The molecule has 2 unspecified atom stereocenters. The number of aliphatic hydroxyl groups is 1. The first kappa shape index (κ1) is 33.9. The zero-order valence-electron chi connectivity index (χ0n) is 24.3. The number of hydrogen-bond donors (Lipinski definition) is 4. The molecule has 0 aliphatic rings. The molecule has 2 atom stereocenters. The highest BCUT2D eigenvalue weighted by Crippen LogP contribution is 2.32. The number of ether oxygens (including phenoxy) is 1. The number of aromatic nitrogens is 2. The first-order chi connectivity index (χ1) is 21.3. The number of rotatable bonds is 11. The molecule has 0 saturated carbocycles. The molecule has 3 aromatic carbocycles. The van der Waals surface area contributed by atoms with E-state index in [0.29, 0.717) is 27.5 Å². The van der Waals surface area contributed by atoms with Crippen LogP contribution in [0.5, 0.6) is 0 Å². The summed E-state index contributed by atoms with van der Waals surface area (Å²) in [5.41, 5.74) is 2.01. The minimum Gasteiger partial charge on any atom is -0.448 e. The lowest BCUT2D eigenvalue weighted by Gasteiger charge is -2.17. The zero-order valence-corrected chi connectivity index (χ0v) is 27.5. The molecule has 1 aromatic heterocycles. The Kier molecular flexibility index (Phi) is 10.9. The van der Waals surface area contributed by atoms with Crippen molar-refractivity contribution in [2.75, 3.05) is 34.8 Å². The van der Waals surface area contributed by atoms with Crippen molar-refractivity contribution in [2.45, 2.75) is 29.7 Å². The Hall–Kier alpha value is -3.95. The van der Waals surface area contributed by atoms with Gasteiger partial charge in [-0.15, -0.1) is 4.36 Å². The number of nitrogens with one attached hydrogen (secondary N) is 3. The summed E-state index contributed by atoms with van der Waals surface area (Å²) in [5, 5.41) is 15.9. The van der Waals surface area contributed by atoms with Gasteiger partial charge in [0, 0.05) is 40.3 Å². The van der Waals surface area contributed by atoms with Crippen LogP contribution in [-0.2, 0) is 24.5 Å². The Balaban J connectivity index is 1.61. The number of amides is 1. The van der Waals surface area contributed by atoms with E-state index in [4.69, 9.17) is 27.9 Å². The zero-order chi connectivity index (χ0) is 32.8. The van der Waals surface area contributed by atoms with Crippen LogP contribution in [0.3, 0.4) is 0 Å². The number of carbonyl (C=O) groups excluding carboxylic acids is 1. The summed E-state index contributed by atoms with van der Waals surface area (Å²) in [6.07, 6.45) is 2.00. The number of hydrogen-bond acceptors (Lipinski definition) is 10. The SMILES string of the molecule is CCOC(=O)N=S(C)(=O)c1cccc(Nc2ncc(-c3ccc(NS(=O)(=O)c4cccc(Cl)c4Cl)cc3)c(NC(C)CO)n2)c1. The number of carbonyl (C=O) groups is 1. The van der Waals surface area contributed by atoms with Crippen LogP contribution in [0, 0.1) is 0 Å². The molecule has 0 bridgehead atoms. The van der Waals surface area contributed by atoms with Crippen molar-refractivity contribution in [2.24, 2.45) is 4.36 Å². The number of halogens is 2. The van der Waals surface area contributed by atoms with E-state index in [1.807, 2.05) is 0 Å². The van der Waals surface area contributed by atoms with Gasteiger partial charge in [-0.05, 0) is 61.9 Å². The molecule has 4 rings (SSSR count). The Morgan fingerprint density at radius 2 is 1.76 bits per heavy atom. The maximum absolute atomic E-state index is 13.1. The van der Waals surface area contributed by atoms with Crippen LogP contribution in [0.15, 0.2) is 87.1 Å². The maximum atomic E-state index is 13.1. The Bertz CT molecular complexity index is 1930. The van der Waals surface area contributed by atoms with Crippen LogP contribution >= 0.6 is 23.2 Å². The highest BCUT2D eigenvalue weighted by molar-refractivity contribution is 7.93. The van der Waals surface area contributed by atoms with Crippen molar-refractivity contribution in [1.82, 2.24) is 9.97 Å². The van der Waals surface area contributed by atoms with Crippen molar-refractivity contribution < 1.29 is 27.3 Å². The summed E-state index contributed by atoms with van der Waals surface area (Å²) in [6, 6.07) is 17.0. The van der Waals surface area contributed by atoms with Crippen molar-refractivity contribution in [3.63, 3.8) is 0 Å². The summed E-state index contributed by atoms with van der Waals surface area (Å²) < 4.78 is 49.9. The lowest BCUT2D eigenvalue weighted by atomic mass is 10.1. The number of nitrogens with zero attached hydrogens (tertiary/aromatic N) is 3. The van der Waals surface area contributed by atoms with Gasteiger partial charge in [0.05, 0.1) is 33.0 Å². The van der Waals surface area contributed by atoms with Crippen LogP contribution < -0.4 is 15.4 Å². The summed E-state index contributed by atoms with van der Waals surface area (Å²) in [7, 11) is -7.09. The summed E-state index contributed by atoms with van der Waals surface area (Å²) in [6.45, 7) is 3.34. The maximum Gasteiger partial charge on any atom is 0.442 e. The largest absolute Gasteiger partial charge is 0.448 e. The fourth-order valence-electron chi connectivity index (χ4n) is 3.95. The van der Waals surface area contributed by atoms with Gasteiger partial charge < -0.3 is 20.5 Å². The second-order valence-electron chi connectivity index (χ2n) is 9.66. The van der Waals surface area contributed by atoms with Gasteiger partial charge in [-0.1, -0.05) is 47.5 Å². The predicted octanol–water partition coefficient (Wildman–Crippen LogP) is 6.40. The van der Waals surface area contributed by atoms with Gasteiger partial charge >= 0.3 is 6.09 Å². The van der Waals surface area contributed by atoms with E-state index in [2.05, 4.69) is 29.7 Å². The molecule has 238 valence electrons. The van der Waals surface area contributed by atoms with Gasteiger partial charge in [0.15, 0.2) is 0 Å². The van der Waals surface area contributed by atoms with Crippen LogP contribution in [0.25, 0.3) is 11.1 Å². The third kappa shape index (κ3) is 8.61. The third-order valence-electron chi connectivity index (χ3n) is 6.14. The minimum atomic E-state index is -4.01. The van der Waals surface area contributed by atoms with Gasteiger partial charge in [0.25, 0.3) is 10.0 Å². The van der Waals surface area contributed by atoms with Gasteiger partial charge in [-0.2, -0.15) is 4.98 Å². The highest BCUT2D eigenvalue weighted by atomic mass is 35.5. The molecule has 12 nitrogen and oxygen atoms in total.